The first kappa shape index (κ1) is 13.1. The third-order valence-electron chi connectivity index (χ3n) is 1.53. The second-order valence-corrected chi connectivity index (χ2v) is 3.92. The molecule has 0 bridgehead atoms. The Morgan fingerprint density at radius 2 is 2.38 bits per heavy atom. The summed E-state index contributed by atoms with van der Waals surface area (Å²) in [5, 5.41) is 3.30. The Balaban J connectivity index is 2.32. The van der Waals surface area contributed by atoms with Crippen LogP contribution in [0.15, 0.2) is 10.8 Å². The van der Waals surface area contributed by atoms with Crippen LogP contribution >= 0.6 is 27.5 Å². The Kier molecular flexibility index (Phi) is 5.44. The lowest BCUT2D eigenvalue weighted by Gasteiger charge is -2.07. The Labute approximate surface area is 106 Å². The van der Waals surface area contributed by atoms with Crippen molar-refractivity contribution in [2.45, 2.75) is 0 Å². The molecule has 1 heterocycles. The summed E-state index contributed by atoms with van der Waals surface area (Å²) in [6.45, 7) is 0.740. The number of hydrogen-bond acceptors (Lipinski definition) is 5. The average molecular weight is 310 g/mol. The summed E-state index contributed by atoms with van der Waals surface area (Å²) in [5.74, 6) is 0.0777. The molecule has 1 aromatic heterocycles. The van der Waals surface area contributed by atoms with E-state index in [9.17, 15) is 4.79 Å². The van der Waals surface area contributed by atoms with Crippen LogP contribution in [0.4, 0.5) is 5.82 Å². The van der Waals surface area contributed by atoms with Gasteiger partial charge >= 0.3 is 0 Å². The van der Waals surface area contributed by atoms with Crippen LogP contribution in [0.2, 0.25) is 5.15 Å². The number of amides is 1. The number of halogens is 2. The molecule has 88 valence electrons. The van der Waals surface area contributed by atoms with Gasteiger partial charge in [0.25, 0.3) is 0 Å². The number of hydrogen-bond donors (Lipinski definition) is 2. The molecular formula is C8H10BrClN4O2. The molecule has 1 amide bonds. The minimum Gasteiger partial charge on any atom is -0.370 e. The number of anilines is 1. The number of carbonyl (C=O) groups is 1. The van der Waals surface area contributed by atoms with Crippen molar-refractivity contribution < 1.29 is 9.53 Å². The second kappa shape index (κ2) is 6.62. The van der Waals surface area contributed by atoms with E-state index in [2.05, 4.69) is 31.2 Å². The van der Waals surface area contributed by atoms with E-state index in [-0.39, 0.29) is 6.61 Å². The lowest BCUT2D eigenvalue weighted by Crippen LogP contribution is -2.20. The third kappa shape index (κ3) is 4.30. The molecule has 1 rings (SSSR count). The summed E-state index contributed by atoms with van der Waals surface area (Å²) >= 11 is 9.00. The molecular weight excluding hydrogens is 299 g/mol. The molecule has 1 aromatic rings. The van der Waals surface area contributed by atoms with Crippen LogP contribution in [0.5, 0.6) is 0 Å². The van der Waals surface area contributed by atoms with E-state index >= 15 is 0 Å². The van der Waals surface area contributed by atoms with Crippen molar-refractivity contribution in [1.29, 1.82) is 0 Å². The molecule has 0 aliphatic rings. The summed E-state index contributed by atoms with van der Waals surface area (Å²) in [5.41, 5.74) is 4.90. The van der Waals surface area contributed by atoms with Gasteiger partial charge in [0.15, 0.2) is 0 Å². The monoisotopic (exact) mass is 308 g/mol. The van der Waals surface area contributed by atoms with E-state index in [0.717, 1.165) is 0 Å². The molecule has 3 N–H and O–H groups in total. The number of primary amides is 1. The van der Waals surface area contributed by atoms with Gasteiger partial charge in [-0.2, -0.15) is 0 Å². The predicted molar refractivity (Wildman–Crippen MR) is 63.2 cm³/mol. The summed E-state index contributed by atoms with van der Waals surface area (Å²) in [6, 6.07) is 0. The Morgan fingerprint density at radius 3 is 3.06 bits per heavy atom. The van der Waals surface area contributed by atoms with Gasteiger partial charge in [-0.05, 0) is 15.9 Å². The van der Waals surface area contributed by atoms with Gasteiger partial charge in [0.05, 0.1) is 11.1 Å². The maximum Gasteiger partial charge on any atom is 0.243 e. The molecule has 8 heteroatoms. The van der Waals surface area contributed by atoms with Gasteiger partial charge in [0, 0.05) is 6.54 Å². The SMILES string of the molecule is NC(=O)COCCNc1ncnc(Cl)c1Br. The quantitative estimate of drug-likeness (QED) is 0.599. The van der Waals surface area contributed by atoms with Gasteiger partial charge in [-0.25, -0.2) is 9.97 Å². The second-order valence-electron chi connectivity index (χ2n) is 2.77. The van der Waals surface area contributed by atoms with Crippen LogP contribution in [-0.4, -0.2) is 35.6 Å². The molecule has 0 radical (unpaired) electrons. The minimum atomic E-state index is -0.494. The van der Waals surface area contributed by atoms with E-state index < -0.39 is 5.91 Å². The first-order valence-electron chi connectivity index (χ1n) is 4.37. The van der Waals surface area contributed by atoms with Gasteiger partial charge in [0.1, 0.15) is 23.9 Å². The number of nitrogens with two attached hydrogens (primary N) is 1. The van der Waals surface area contributed by atoms with Crippen molar-refractivity contribution in [2.75, 3.05) is 25.1 Å². The Morgan fingerprint density at radius 1 is 1.62 bits per heavy atom. The van der Waals surface area contributed by atoms with Gasteiger partial charge in [0.2, 0.25) is 5.91 Å². The smallest absolute Gasteiger partial charge is 0.243 e. The maximum atomic E-state index is 10.4. The molecule has 0 aliphatic carbocycles. The fraction of sp³-hybridized carbons (Fsp3) is 0.375. The minimum absolute atomic E-state index is 0.0899. The molecule has 0 spiro atoms. The van der Waals surface area contributed by atoms with E-state index in [1.165, 1.54) is 6.33 Å². The fourth-order valence-corrected chi connectivity index (χ4v) is 1.36. The Hall–Kier alpha value is -0.920. The van der Waals surface area contributed by atoms with Gasteiger partial charge in [-0.1, -0.05) is 11.6 Å². The molecule has 0 unspecified atom stereocenters. The number of aromatic nitrogens is 2. The highest BCUT2D eigenvalue weighted by molar-refractivity contribution is 9.10. The largest absolute Gasteiger partial charge is 0.370 e. The predicted octanol–water partition coefficient (Wildman–Crippen LogP) is 0.806. The number of rotatable bonds is 6. The van der Waals surface area contributed by atoms with Crippen LogP contribution in [0.1, 0.15) is 0 Å². The highest BCUT2D eigenvalue weighted by Gasteiger charge is 2.05. The third-order valence-corrected chi connectivity index (χ3v) is 2.80. The van der Waals surface area contributed by atoms with Crippen molar-refractivity contribution in [2.24, 2.45) is 5.73 Å². The summed E-state index contributed by atoms with van der Waals surface area (Å²) in [7, 11) is 0. The van der Waals surface area contributed by atoms with E-state index in [1.54, 1.807) is 0 Å². The fourth-order valence-electron chi connectivity index (χ4n) is 0.886. The highest BCUT2D eigenvalue weighted by Crippen LogP contribution is 2.25. The number of carbonyl (C=O) groups excluding carboxylic acids is 1. The zero-order valence-corrected chi connectivity index (χ0v) is 10.6. The molecule has 0 fully saturated rings. The van der Waals surface area contributed by atoms with E-state index in [1.807, 2.05) is 0 Å². The molecule has 0 saturated carbocycles. The lowest BCUT2D eigenvalue weighted by atomic mass is 10.5. The zero-order chi connectivity index (χ0) is 12.0. The van der Waals surface area contributed by atoms with Crippen molar-refractivity contribution in [3.05, 3.63) is 16.0 Å². The van der Waals surface area contributed by atoms with E-state index in [0.29, 0.717) is 28.6 Å². The normalized spacial score (nSPS) is 10.1. The number of nitrogens with one attached hydrogen (secondary N) is 1. The molecule has 6 nitrogen and oxygen atoms in total. The first-order chi connectivity index (χ1) is 7.61. The van der Waals surface area contributed by atoms with Crippen LogP contribution in [0.25, 0.3) is 0 Å². The molecule has 0 saturated heterocycles. The highest BCUT2D eigenvalue weighted by atomic mass is 79.9. The summed E-state index contributed by atoms with van der Waals surface area (Å²) in [4.78, 5) is 18.1. The topological polar surface area (TPSA) is 90.1 Å². The standard InChI is InChI=1S/C8H10BrClN4O2/c9-6-7(10)13-4-14-8(6)12-1-2-16-3-5(11)15/h4H,1-3H2,(H2,11,15)(H,12,13,14). The van der Waals surface area contributed by atoms with Crippen LogP contribution in [-0.2, 0) is 9.53 Å². The van der Waals surface area contributed by atoms with Crippen molar-refractivity contribution in [3.8, 4) is 0 Å². The van der Waals surface area contributed by atoms with Crippen molar-refractivity contribution >= 4 is 39.3 Å². The summed E-state index contributed by atoms with van der Waals surface area (Å²) < 4.78 is 5.55. The van der Waals surface area contributed by atoms with Crippen molar-refractivity contribution in [3.63, 3.8) is 0 Å². The molecule has 0 aromatic carbocycles. The Bertz CT molecular complexity index is 377. The summed E-state index contributed by atoms with van der Waals surface area (Å²) in [6.07, 6.45) is 1.35. The van der Waals surface area contributed by atoms with E-state index in [4.69, 9.17) is 22.1 Å². The first-order valence-corrected chi connectivity index (χ1v) is 5.54. The number of ether oxygens (including phenoxy) is 1. The molecule has 0 aliphatic heterocycles. The van der Waals surface area contributed by atoms with Gasteiger partial charge in [-0.3, -0.25) is 4.79 Å². The zero-order valence-electron chi connectivity index (χ0n) is 8.24. The van der Waals surface area contributed by atoms with Gasteiger partial charge in [-0.15, -0.1) is 0 Å². The maximum absolute atomic E-state index is 10.4. The number of nitrogens with zero attached hydrogens (tertiary/aromatic N) is 2. The van der Waals surface area contributed by atoms with Crippen molar-refractivity contribution in [1.82, 2.24) is 9.97 Å². The van der Waals surface area contributed by atoms with Crippen LogP contribution < -0.4 is 11.1 Å². The molecule has 0 atom stereocenters. The van der Waals surface area contributed by atoms with Gasteiger partial charge < -0.3 is 15.8 Å². The molecule has 16 heavy (non-hydrogen) atoms. The van der Waals surface area contributed by atoms with Crippen LogP contribution in [0.3, 0.4) is 0 Å². The lowest BCUT2D eigenvalue weighted by molar-refractivity contribution is -0.122. The van der Waals surface area contributed by atoms with Crippen LogP contribution in [0, 0.1) is 0 Å². The average Bonchev–Trinajstić information content (AvgIpc) is 2.23.